The molecule has 0 fully saturated rings. The number of pyridine rings is 2. The molecule has 8 nitrogen and oxygen atoms in total. The van der Waals surface area contributed by atoms with Crippen LogP contribution in [0.1, 0.15) is 0 Å². The van der Waals surface area contributed by atoms with E-state index in [0.29, 0.717) is 22.2 Å². The third kappa shape index (κ3) is 6.02. The quantitative estimate of drug-likeness (QED) is 0.178. The van der Waals surface area contributed by atoms with Gasteiger partial charge in [-0.1, -0.05) is 36.4 Å². The van der Waals surface area contributed by atoms with Crippen LogP contribution in [-0.2, 0) is 36.7 Å². The molecule has 0 atom stereocenters. The van der Waals surface area contributed by atoms with Crippen molar-refractivity contribution < 1.29 is 42.4 Å². The fourth-order valence-electron chi connectivity index (χ4n) is 3.93. The van der Waals surface area contributed by atoms with E-state index >= 15 is 0 Å². The van der Waals surface area contributed by atoms with Gasteiger partial charge in [0.2, 0.25) is 0 Å². The zero-order valence-corrected chi connectivity index (χ0v) is 23.7. The van der Waals surface area contributed by atoms with Crippen molar-refractivity contribution in [2.24, 2.45) is 0 Å². The van der Waals surface area contributed by atoms with Gasteiger partial charge in [0.25, 0.3) is 0 Å². The van der Waals surface area contributed by atoms with Gasteiger partial charge in [0.15, 0.2) is 0 Å². The minimum atomic E-state index is -4.54. The first-order valence-electron chi connectivity index (χ1n) is 10.2. The number of fused-ring (bicyclic) bond motifs is 3. The second-order valence-corrected chi connectivity index (χ2v) is 13.6. The van der Waals surface area contributed by atoms with Gasteiger partial charge in [-0.15, -0.1) is 0 Å². The van der Waals surface area contributed by atoms with Crippen molar-refractivity contribution in [2.45, 2.75) is 9.79 Å². The number of aromatic nitrogens is 2. The summed E-state index contributed by atoms with van der Waals surface area (Å²) < 4.78 is 67.4. The average molecular weight is 757 g/mol. The molecular weight excluding hydrogens is 742 g/mol. The van der Waals surface area contributed by atoms with Gasteiger partial charge in [0.1, 0.15) is 20.2 Å². The molecule has 5 rings (SSSR count). The molecule has 0 saturated carbocycles. The van der Waals surface area contributed by atoms with Crippen LogP contribution in [0, 0.1) is 0 Å². The second-order valence-electron chi connectivity index (χ2n) is 7.58. The summed E-state index contributed by atoms with van der Waals surface area (Å²) in [6, 6.07) is 18.7. The van der Waals surface area contributed by atoms with Gasteiger partial charge < -0.3 is 9.11 Å². The topological polar surface area (TPSA) is 140 Å². The van der Waals surface area contributed by atoms with Crippen LogP contribution in [-0.4, -0.2) is 35.9 Å². The van der Waals surface area contributed by atoms with E-state index in [-0.39, 0.29) is 9.79 Å². The number of hydrogen-bond acceptors (Lipinski definition) is 8. The molecule has 0 unspecified atom stereocenters. The van der Waals surface area contributed by atoms with E-state index in [1.165, 1.54) is 24.3 Å². The maximum atomic E-state index is 11.2. The Bertz CT molecular complexity index is 1680. The molecule has 37 heavy (non-hydrogen) atoms. The van der Waals surface area contributed by atoms with Crippen molar-refractivity contribution in [2.75, 3.05) is 0 Å². The molecule has 0 bridgehead atoms. The number of halogens is 2. The van der Waals surface area contributed by atoms with Crippen LogP contribution in [0.3, 0.4) is 0 Å². The van der Waals surface area contributed by atoms with Crippen LogP contribution >= 0.6 is 18.8 Å². The Kier molecular flexibility index (Phi) is 8.30. The van der Waals surface area contributed by atoms with Crippen molar-refractivity contribution in [3.05, 3.63) is 85.2 Å². The third-order valence-corrected chi connectivity index (χ3v) is 7.23. The van der Waals surface area contributed by atoms with Crippen molar-refractivity contribution in [1.82, 2.24) is 9.97 Å². The standard InChI is InChI=1S/C24H16N2O6S2.2ClH.Pt/c27-33(28,29)17-5-1-15(2-6-17)19-11-13-25-23-21(19)9-10-22-20(12-14-26-24(22)23)16-3-7-18(8-4-16)34(30,31)32;;;/h1-14H,(H,27,28,29)(H,30,31,32);2*1H;/q;;;+2/p-4. The fraction of sp³-hybridized carbons (Fsp3) is 0. The first kappa shape index (κ1) is 27.6. The first-order chi connectivity index (χ1) is 17.5. The monoisotopic (exact) mass is 755 g/mol. The Labute approximate surface area is 229 Å². The maximum absolute atomic E-state index is 11.2. The van der Waals surface area contributed by atoms with E-state index in [4.69, 9.17) is 18.8 Å². The Morgan fingerprint density at radius 2 is 0.892 bits per heavy atom. The predicted octanol–water partition coefficient (Wildman–Crippen LogP) is 5.30. The molecule has 194 valence electrons. The fourth-order valence-corrected chi connectivity index (χ4v) is 4.87. The molecule has 3 aromatic carbocycles. The Balaban J connectivity index is 0.00000102. The predicted molar refractivity (Wildman–Crippen MR) is 136 cm³/mol. The molecule has 0 radical (unpaired) electrons. The van der Waals surface area contributed by atoms with E-state index in [1.54, 1.807) is 48.8 Å². The van der Waals surface area contributed by atoms with Gasteiger partial charge in [-0.2, -0.15) is 0 Å². The average Bonchev–Trinajstić information content (AvgIpc) is 2.87. The van der Waals surface area contributed by atoms with Crippen molar-refractivity contribution in [1.29, 1.82) is 0 Å². The summed E-state index contributed by atoms with van der Waals surface area (Å²) in [5.41, 5.74) is 4.25. The molecule has 2 aromatic heterocycles. The zero-order chi connectivity index (χ0) is 26.8. The summed E-state index contributed by atoms with van der Waals surface area (Å²) >= 11 is -0.472. The number of hydrogen-bond donors (Lipinski definition) is 0. The molecular formula is C24H14Cl2N2O6PtS2-2. The van der Waals surface area contributed by atoms with E-state index in [9.17, 15) is 25.9 Å². The second kappa shape index (κ2) is 11.1. The van der Waals surface area contributed by atoms with Crippen LogP contribution < -0.4 is 0 Å². The summed E-state index contributed by atoms with van der Waals surface area (Å²) in [5.74, 6) is 0. The minimum absolute atomic E-state index is 0.304. The van der Waals surface area contributed by atoms with Crippen LogP contribution in [0.25, 0.3) is 44.1 Å². The molecule has 0 amide bonds. The summed E-state index contributed by atoms with van der Waals surface area (Å²) in [6.07, 6.45) is 3.25. The molecule has 0 aliphatic rings. The number of rotatable bonds is 4. The SMILES string of the molecule is O=S(=O)([O-])c1ccc(-c2ccnc3c2ccc2c(-c4ccc(S(=O)(=O)[O-])cc4)ccnc23)cc1.[Cl][Pt][Cl]. The van der Waals surface area contributed by atoms with Crippen LogP contribution in [0.5, 0.6) is 0 Å². The van der Waals surface area contributed by atoms with E-state index < -0.39 is 36.7 Å². The van der Waals surface area contributed by atoms with Crippen molar-refractivity contribution in [3.8, 4) is 22.3 Å². The van der Waals surface area contributed by atoms with Crippen LogP contribution in [0.2, 0.25) is 0 Å². The Hall–Kier alpha value is -2.43. The molecule has 0 aliphatic carbocycles. The van der Waals surface area contributed by atoms with Gasteiger partial charge in [0.05, 0.1) is 20.8 Å². The summed E-state index contributed by atoms with van der Waals surface area (Å²) in [5, 5.41) is 1.57. The Morgan fingerprint density at radius 1 is 0.568 bits per heavy atom. The summed E-state index contributed by atoms with van der Waals surface area (Å²) in [7, 11) is 0.674. The van der Waals surface area contributed by atoms with Crippen LogP contribution in [0.15, 0.2) is 95.0 Å². The molecule has 5 aromatic rings. The zero-order valence-electron chi connectivity index (χ0n) is 18.3. The van der Waals surface area contributed by atoms with Crippen molar-refractivity contribution in [3.63, 3.8) is 0 Å². The van der Waals surface area contributed by atoms with Gasteiger partial charge >= 0.3 is 35.3 Å². The molecule has 13 heteroatoms. The molecule has 0 N–H and O–H groups in total. The van der Waals surface area contributed by atoms with E-state index in [0.717, 1.165) is 21.9 Å². The van der Waals surface area contributed by atoms with E-state index in [2.05, 4.69) is 9.97 Å². The van der Waals surface area contributed by atoms with Gasteiger partial charge in [-0.25, -0.2) is 16.8 Å². The first-order valence-corrected chi connectivity index (χ1v) is 18.6. The van der Waals surface area contributed by atoms with Crippen LogP contribution in [0.4, 0.5) is 0 Å². The molecule has 0 aliphatic heterocycles. The van der Waals surface area contributed by atoms with Gasteiger partial charge in [-0.3, -0.25) is 9.97 Å². The van der Waals surface area contributed by atoms with Gasteiger partial charge in [0, 0.05) is 23.2 Å². The van der Waals surface area contributed by atoms with Crippen molar-refractivity contribution >= 4 is 60.9 Å². The normalized spacial score (nSPS) is 11.9. The molecule has 0 spiro atoms. The van der Waals surface area contributed by atoms with Gasteiger partial charge in [-0.05, 0) is 58.7 Å². The third-order valence-electron chi connectivity index (χ3n) is 5.53. The van der Waals surface area contributed by atoms with E-state index in [1.807, 2.05) is 12.1 Å². The molecule has 0 saturated heterocycles. The summed E-state index contributed by atoms with van der Waals surface area (Å²) in [4.78, 5) is 8.40. The number of nitrogens with zero attached hydrogens (tertiary/aromatic N) is 2. The molecule has 2 heterocycles. The Morgan fingerprint density at radius 3 is 1.19 bits per heavy atom. The summed E-state index contributed by atoms with van der Waals surface area (Å²) in [6.45, 7) is 0. The number of benzene rings is 3.